The number of aryl methyl sites for hydroxylation is 2. The zero-order valence-corrected chi connectivity index (χ0v) is 15.6. The van der Waals surface area contributed by atoms with Crippen LogP contribution in [0, 0.1) is 13.8 Å². The Labute approximate surface area is 147 Å². The van der Waals surface area contributed by atoms with E-state index in [0.717, 1.165) is 0 Å². The van der Waals surface area contributed by atoms with Gasteiger partial charge in [0.25, 0.3) is 10.0 Å². The van der Waals surface area contributed by atoms with Crippen LogP contribution in [0.2, 0.25) is 0 Å². The van der Waals surface area contributed by atoms with E-state index in [2.05, 4.69) is 14.7 Å². The van der Waals surface area contributed by atoms with E-state index in [4.69, 9.17) is 14.2 Å². The SMILES string of the molecule is CCOc1nc(C)c(NS(=O)(=O)c2ccc(OC)c(OC)c2)c(C)n1. The normalized spacial score (nSPS) is 11.1. The molecule has 1 aromatic heterocycles. The highest BCUT2D eigenvalue weighted by Gasteiger charge is 2.20. The van der Waals surface area contributed by atoms with Gasteiger partial charge >= 0.3 is 6.01 Å². The van der Waals surface area contributed by atoms with Crippen LogP contribution >= 0.6 is 0 Å². The molecule has 1 N–H and O–H groups in total. The number of sulfonamides is 1. The van der Waals surface area contributed by atoms with Gasteiger partial charge in [0.05, 0.1) is 42.8 Å². The third kappa shape index (κ3) is 4.11. The molecule has 0 bridgehead atoms. The van der Waals surface area contributed by atoms with Gasteiger partial charge in [0, 0.05) is 6.07 Å². The minimum Gasteiger partial charge on any atom is -0.493 e. The van der Waals surface area contributed by atoms with Crippen LogP contribution in [0.4, 0.5) is 5.69 Å². The number of ether oxygens (including phenoxy) is 3. The first kappa shape index (κ1) is 18.8. The second-order valence-corrected chi connectivity index (χ2v) is 6.79. The first-order valence-corrected chi connectivity index (χ1v) is 9.03. The van der Waals surface area contributed by atoms with Crippen molar-refractivity contribution in [1.29, 1.82) is 0 Å². The van der Waals surface area contributed by atoms with Crippen LogP contribution in [0.1, 0.15) is 18.3 Å². The number of anilines is 1. The Morgan fingerprint density at radius 1 is 1.04 bits per heavy atom. The fourth-order valence-electron chi connectivity index (χ4n) is 2.20. The summed E-state index contributed by atoms with van der Waals surface area (Å²) in [5.74, 6) is 0.764. The summed E-state index contributed by atoms with van der Waals surface area (Å²) >= 11 is 0. The lowest BCUT2D eigenvalue weighted by Gasteiger charge is -2.14. The molecule has 25 heavy (non-hydrogen) atoms. The van der Waals surface area contributed by atoms with E-state index in [0.29, 0.717) is 35.2 Å². The van der Waals surface area contributed by atoms with Gasteiger partial charge in [-0.05, 0) is 32.9 Å². The number of rotatable bonds is 7. The van der Waals surface area contributed by atoms with Crippen molar-refractivity contribution >= 4 is 15.7 Å². The summed E-state index contributed by atoms with van der Waals surface area (Å²) in [4.78, 5) is 8.36. The lowest BCUT2D eigenvalue weighted by Crippen LogP contribution is -2.16. The van der Waals surface area contributed by atoms with Gasteiger partial charge in [-0.2, -0.15) is 9.97 Å². The van der Waals surface area contributed by atoms with Crippen LogP contribution in [-0.4, -0.2) is 39.2 Å². The first-order valence-electron chi connectivity index (χ1n) is 7.55. The summed E-state index contributed by atoms with van der Waals surface area (Å²) in [6.45, 7) is 5.62. The first-order chi connectivity index (χ1) is 11.8. The molecule has 0 amide bonds. The second-order valence-electron chi connectivity index (χ2n) is 5.11. The van der Waals surface area contributed by atoms with Crippen molar-refractivity contribution in [3.05, 3.63) is 29.6 Å². The molecule has 0 radical (unpaired) electrons. The molecule has 0 saturated carbocycles. The van der Waals surface area contributed by atoms with Gasteiger partial charge in [-0.3, -0.25) is 4.72 Å². The van der Waals surface area contributed by atoms with Gasteiger partial charge in [0.15, 0.2) is 11.5 Å². The van der Waals surface area contributed by atoms with Gasteiger partial charge in [0.1, 0.15) is 0 Å². The third-order valence-corrected chi connectivity index (χ3v) is 4.77. The van der Waals surface area contributed by atoms with Crippen molar-refractivity contribution in [2.45, 2.75) is 25.7 Å². The van der Waals surface area contributed by atoms with E-state index in [1.165, 1.54) is 32.4 Å². The van der Waals surface area contributed by atoms with Crippen molar-refractivity contribution in [1.82, 2.24) is 9.97 Å². The topological polar surface area (TPSA) is 99.6 Å². The minimum atomic E-state index is -3.85. The standard InChI is InChI=1S/C16H21N3O5S/c1-6-24-16-17-10(2)15(11(3)18-16)19-25(20,21)12-7-8-13(22-4)14(9-12)23-5/h7-9,19H,6H2,1-5H3. The quantitative estimate of drug-likeness (QED) is 0.801. The Morgan fingerprint density at radius 2 is 1.64 bits per heavy atom. The maximum absolute atomic E-state index is 12.7. The largest absolute Gasteiger partial charge is 0.493 e. The second kappa shape index (κ2) is 7.56. The van der Waals surface area contributed by atoms with Crippen LogP contribution in [0.3, 0.4) is 0 Å². The zero-order valence-electron chi connectivity index (χ0n) is 14.8. The summed E-state index contributed by atoms with van der Waals surface area (Å²) in [5.41, 5.74) is 1.26. The number of hydrogen-bond acceptors (Lipinski definition) is 7. The maximum atomic E-state index is 12.7. The van der Waals surface area contributed by atoms with Gasteiger partial charge < -0.3 is 14.2 Å². The molecule has 0 aliphatic rings. The van der Waals surface area contributed by atoms with Crippen molar-refractivity contribution in [2.75, 3.05) is 25.5 Å². The Balaban J connectivity index is 2.39. The van der Waals surface area contributed by atoms with E-state index in [-0.39, 0.29) is 10.9 Å². The molecule has 2 aromatic rings. The fraction of sp³-hybridized carbons (Fsp3) is 0.375. The number of benzene rings is 1. The molecule has 0 aliphatic carbocycles. The van der Waals surface area contributed by atoms with Gasteiger partial charge in [-0.15, -0.1) is 0 Å². The summed E-state index contributed by atoms with van der Waals surface area (Å²) in [7, 11) is -0.926. The average Bonchev–Trinajstić information content (AvgIpc) is 2.57. The van der Waals surface area contributed by atoms with Crippen LogP contribution in [0.25, 0.3) is 0 Å². The Kier molecular flexibility index (Phi) is 5.68. The van der Waals surface area contributed by atoms with Crippen molar-refractivity contribution in [3.63, 3.8) is 0 Å². The van der Waals surface area contributed by atoms with E-state index < -0.39 is 10.0 Å². The molecular weight excluding hydrogens is 346 g/mol. The monoisotopic (exact) mass is 367 g/mol. The number of nitrogens with one attached hydrogen (secondary N) is 1. The molecule has 0 spiro atoms. The minimum absolute atomic E-state index is 0.0397. The molecule has 1 heterocycles. The summed E-state index contributed by atoms with van der Waals surface area (Å²) < 4.78 is 43.4. The van der Waals surface area contributed by atoms with Gasteiger partial charge in [0.2, 0.25) is 0 Å². The third-order valence-electron chi connectivity index (χ3n) is 3.43. The molecule has 0 saturated heterocycles. The molecule has 0 fully saturated rings. The van der Waals surface area contributed by atoms with Crippen LogP contribution in [-0.2, 0) is 10.0 Å². The fourth-order valence-corrected chi connectivity index (χ4v) is 3.40. The molecular formula is C16H21N3O5S. The summed E-state index contributed by atoms with van der Waals surface area (Å²) in [5, 5.41) is 0. The molecule has 0 unspecified atom stereocenters. The van der Waals surface area contributed by atoms with Crippen LogP contribution < -0.4 is 18.9 Å². The summed E-state index contributed by atoms with van der Waals surface area (Å²) in [6, 6.07) is 4.57. The Bertz CT molecular complexity index is 845. The number of hydrogen-bond donors (Lipinski definition) is 1. The highest BCUT2D eigenvalue weighted by atomic mass is 32.2. The average molecular weight is 367 g/mol. The Hall–Kier alpha value is -2.55. The summed E-state index contributed by atoms with van der Waals surface area (Å²) in [6.07, 6.45) is 0. The number of aromatic nitrogens is 2. The maximum Gasteiger partial charge on any atom is 0.316 e. The van der Waals surface area contributed by atoms with Crippen molar-refractivity contribution in [2.24, 2.45) is 0 Å². The number of nitrogens with zero attached hydrogens (tertiary/aromatic N) is 2. The predicted molar refractivity (Wildman–Crippen MR) is 93.0 cm³/mol. The van der Waals surface area contributed by atoms with E-state index >= 15 is 0 Å². The van der Waals surface area contributed by atoms with Crippen LogP contribution in [0.5, 0.6) is 17.5 Å². The zero-order chi connectivity index (χ0) is 18.6. The lowest BCUT2D eigenvalue weighted by molar-refractivity contribution is 0.311. The highest BCUT2D eigenvalue weighted by molar-refractivity contribution is 7.92. The molecule has 0 aliphatic heterocycles. The van der Waals surface area contributed by atoms with Gasteiger partial charge in [-0.1, -0.05) is 0 Å². The van der Waals surface area contributed by atoms with E-state index in [1.807, 2.05) is 6.92 Å². The molecule has 2 rings (SSSR count). The highest BCUT2D eigenvalue weighted by Crippen LogP contribution is 2.31. The number of methoxy groups -OCH3 is 2. The molecule has 8 nitrogen and oxygen atoms in total. The van der Waals surface area contributed by atoms with Crippen molar-refractivity contribution in [3.8, 4) is 17.5 Å². The van der Waals surface area contributed by atoms with E-state index in [1.54, 1.807) is 13.8 Å². The molecule has 0 atom stereocenters. The van der Waals surface area contributed by atoms with Gasteiger partial charge in [-0.25, -0.2) is 8.42 Å². The lowest BCUT2D eigenvalue weighted by atomic mass is 10.3. The molecule has 136 valence electrons. The Morgan fingerprint density at radius 3 is 2.16 bits per heavy atom. The smallest absolute Gasteiger partial charge is 0.316 e. The van der Waals surface area contributed by atoms with Crippen LogP contribution in [0.15, 0.2) is 23.1 Å². The molecule has 9 heteroatoms. The molecule has 1 aromatic carbocycles. The predicted octanol–water partition coefficient (Wildman–Crippen LogP) is 2.31. The van der Waals surface area contributed by atoms with E-state index in [9.17, 15) is 8.42 Å². The van der Waals surface area contributed by atoms with Crippen molar-refractivity contribution < 1.29 is 22.6 Å².